The Labute approximate surface area is 143 Å². The summed E-state index contributed by atoms with van der Waals surface area (Å²) in [7, 11) is 3.23. The molecule has 1 atom stereocenters. The van der Waals surface area contributed by atoms with Crippen LogP contribution in [0.4, 0.5) is 4.79 Å². The maximum atomic E-state index is 12.0. The Morgan fingerprint density at radius 3 is 2.62 bits per heavy atom. The number of nitrogens with one attached hydrogen (secondary N) is 2. The van der Waals surface area contributed by atoms with Gasteiger partial charge in [-0.1, -0.05) is 19.9 Å². The van der Waals surface area contributed by atoms with Crippen molar-refractivity contribution in [3.05, 3.63) is 23.8 Å². The maximum absolute atomic E-state index is 12.0. The van der Waals surface area contributed by atoms with E-state index in [4.69, 9.17) is 14.2 Å². The predicted octanol–water partition coefficient (Wildman–Crippen LogP) is 2.32. The molecule has 1 heterocycles. The summed E-state index contributed by atoms with van der Waals surface area (Å²) in [6, 6.07) is 5.69. The highest BCUT2D eigenvalue weighted by Crippen LogP contribution is 2.32. The van der Waals surface area contributed by atoms with Crippen LogP contribution in [0.5, 0.6) is 11.5 Å². The molecule has 24 heavy (non-hydrogen) atoms. The molecule has 1 fully saturated rings. The van der Waals surface area contributed by atoms with Crippen LogP contribution >= 0.6 is 0 Å². The molecule has 1 aromatic rings. The average Bonchev–Trinajstić information content (AvgIpc) is 3.11. The van der Waals surface area contributed by atoms with E-state index in [1.165, 1.54) is 0 Å². The number of amides is 2. The van der Waals surface area contributed by atoms with Crippen LogP contribution in [0, 0.1) is 5.92 Å². The van der Waals surface area contributed by atoms with Gasteiger partial charge in [0.15, 0.2) is 11.5 Å². The van der Waals surface area contributed by atoms with Crippen molar-refractivity contribution in [2.24, 2.45) is 5.92 Å². The van der Waals surface area contributed by atoms with Crippen LogP contribution in [-0.2, 0) is 10.2 Å². The molecule has 0 aromatic heterocycles. The Morgan fingerprint density at radius 2 is 2.00 bits per heavy atom. The molecule has 0 unspecified atom stereocenters. The Bertz CT molecular complexity index is 554. The van der Waals surface area contributed by atoms with Crippen LogP contribution in [0.25, 0.3) is 0 Å². The van der Waals surface area contributed by atoms with Gasteiger partial charge in [0.05, 0.1) is 20.8 Å². The largest absolute Gasteiger partial charge is 0.493 e. The number of benzene rings is 1. The van der Waals surface area contributed by atoms with Gasteiger partial charge in [-0.3, -0.25) is 0 Å². The van der Waals surface area contributed by atoms with Crippen molar-refractivity contribution in [2.75, 3.05) is 40.5 Å². The number of urea groups is 1. The van der Waals surface area contributed by atoms with E-state index in [0.29, 0.717) is 30.5 Å². The highest BCUT2D eigenvalue weighted by atomic mass is 16.5. The van der Waals surface area contributed by atoms with Crippen LogP contribution in [-0.4, -0.2) is 46.6 Å². The zero-order chi connectivity index (χ0) is 17.6. The molecule has 2 rings (SSSR count). The first-order valence-electron chi connectivity index (χ1n) is 8.28. The molecule has 2 N–H and O–H groups in total. The summed E-state index contributed by atoms with van der Waals surface area (Å²) < 4.78 is 15.9. The van der Waals surface area contributed by atoms with Crippen LogP contribution in [0.15, 0.2) is 18.2 Å². The lowest BCUT2D eigenvalue weighted by Crippen LogP contribution is -2.43. The van der Waals surface area contributed by atoms with Gasteiger partial charge in [-0.15, -0.1) is 0 Å². The Morgan fingerprint density at radius 1 is 1.25 bits per heavy atom. The molecule has 6 heteroatoms. The fraction of sp³-hybridized carbons (Fsp3) is 0.611. The lowest BCUT2D eigenvalue weighted by molar-refractivity contribution is 0.185. The standard InChI is InChI=1S/C18H28N2O4/c1-18(2,14-5-6-15(22-3)16(9-14)23-4)12-20-17(21)19-10-13-7-8-24-11-13/h5-6,9,13H,7-8,10-12H2,1-4H3,(H2,19,20,21)/t13-/m0/s1. The summed E-state index contributed by atoms with van der Waals surface area (Å²) in [5, 5.41) is 5.86. The summed E-state index contributed by atoms with van der Waals surface area (Å²) in [6.45, 7) is 6.87. The number of carbonyl (C=O) groups excluding carboxylic acids is 1. The van der Waals surface area contributed by atoms with Crippen molar-refractivity contribution in [3.8, 4) is 11.5 Å². The fourth-order valence-corrected chi connectivity index (χ4v) is 2.70. The lowest BCUT2D eigenvalue weighted by atomic mass is 9.84. The van der Waals surface area contributed by atoms with Gasteiger partial charge in [-0.05, 0) is 24.1 Å². The second-order valence-electron chi connectivity index (χ2n) is 6.75. The highest BCUT2D eigenvalue weighted by Gasteiger charge is 2.23. The second kappa shape index (κ2) is 8.24. The molecule has 1 aromatic carbocycles. The van der Waals surface area contributed by atoms with Gasteiger partial charge in [0.2, 0.25) is 0 Å². The van der Waals surface area contributed by atoms with E-state index in [-0.39, 0.29) is 11.4 Å². The minimum Gasteiger partial charge on any atom is -0.493 e. The third kappa shape index (κ3) is 4.77. The molecular formula is C18H28N2O4. The fourth-order valence-electron chi connectivity index (χ4n) is 2.70. The van der Waals surface area contributed by atoms with Gasteiger partial charge in [0.25, 0.3) is 0 Å². The first kappa shape index (κ1) is 18.4. The van der Waals surface area contributed by atoms with Crippen LogP contribution in [0.2, 0.25) is 0 Å². The van der Waals surface area contributed by atoms with E-state index in [1.54, 1.807) is 14.2 Å². The van der Waals surface area contributed by atoms with E-state index in [0.717, 1.165) is 25.2 Å². The monoisotopic (exact) mass is 336 g/mol. The minimum atomic E-state index is -0.229. The van der Waals surface area contributed by atoms with E-state index in [1.807, 2.05) is 18.2 Å². The summed E-state index contributed by atoms with van der Waals surface area (Å²) in [5.74, 6) is 1.81. The van der Waals surface area contributed by atoms with Gasteiger partial charge < -0.3 is 24.8 Å². The SMILES string of the molecule is COc1ccc(C(C)(C)CNC(=O)NC[C@@H]2CCOC2)cc1OC. The van der Waals surface area contributed by atoms with Crippen LogP contribution in [0.1, 0.15) is 25.8 Å². The first-order chi connectivity index (χ1) is 11.5. The summed E-state index contributed by atoms with van der Waals surface area (Å²) in [6.07, 6.45) is 1.01. The van der Waals surface area contributed by atoms with Crippen molar-refractivity contribution in [1.82, 2.24) is 10.6 Å². The topological polar surface area (TPSA) is 68.8 Å². The van der Waals surface area contributed by atoms with Gasteiger partial charge in [0, 0.05) is 31.0 Å². The smallest absolute Gasteiger partial charge is 0.314 e. The maximum Gasteiger partial charge on any atom is 0.314 e. The zero-order valence-electron chi connectivity index (χ0n) is 15.0. The van der Waals surface area contributed by atoms with Crippen LogP contribution < -0.4 is 20.1 Å². The highest BCUT2D eigenvalue weighted by molar-refractivity contribution is 5.74. The number of ether oxygens (including phenoxy) is 3. The Kier molecular flexibility index (Phi) is 6.31. The lowest BCUT2D eigenvalue weighted by Gasteiger charge is -2.26. The number of methoxy groups -OCH3 is 2. The molecule has 1 aliphatic rings. The predicted molar refractivity (Wildman–Crippen MR) is 92.9 cm³/mol. The van der Waals surface area contributed by atoms with Crippen LogP contribution in [0.3, 0.4) is 0 Å². The third-order valence-electron chi connectivity index (χ3n) is 4.43. The van der Waals surface area contributed by atoms with Gasteiger partial charge in [-0.25, -0.2) is 4.79 Å². The average molecular weight is 336 g/mol. The van der Waals surface area contributed by atoms with E-state index < -0.39 is 0 Å². The van der Waals surface area contributed by atoms with Crippen molar-refractivity contribution in [1.29, 1.82) is 0 Å². The molecule has 1 aliphatic heterocycles. The van der Waals surface area contributed by atoms with Crippen molar-refractivity contribution in [3.63, 3.8) is 0 Å². The number of hydrogen-bond acceptors (Lipinski definition) is 4. The zero-order valence-corrected chi connectivity index (χ0v) is 15.0. The first-order valence-corrected chi connectivity index (χ1v) is 8.28. The molecule has 0 spiro atoms. The van der Waals surface area contributed by atoms with Gasteiger partial charge in [0.1, 0.15) is 0 Å². The molecule has 2 amide bonds. The summed E-state index contributed by atoms with van der Waals surface area (Å²) >= 11 is 0. The molecule has 0 saturated carbocycles. The Balaban J connectivity index is 1.88. The normalized spacial score (nSPS) is 17.4. The van der Waals surface area contributed by atoms with Crippen molar-refractivity contribution < 1.29 is 19.0 Å². The quantitative estimate of drug-likeness (QED) is 0.802. The van der Waals surface area contributed by atoms with Gasteiger partial charge >= 0.3 is 6.03 Å². The van der Waals surface area contributed by atoms with E-state index >= 15 is 0 Å². The summed E-state index contributed by atoms with van der Waals surface area (Å²) in [4.78, 5) is 12.0. The van der Waals surface area contributed by atoms with Crippen molar-refractivity contribution in [2.45, 2.75) is 25.7 Å². The third-order valence-corrected chi connectivity index (χ3v) is 4.43. The molecule has 134 valence electrons. The molecule has 0 radical (unpaired) electrons. The molecular weight excluding hydrogens is 308 g/mol. The van der Waals surface area contributed by atoms with E-state index in [9.17, 15) is 4.79 Å². The second-order valence-corrected chi connectivity index (χ2v) is 6.75. The van der Waals surface area contributed by atoms with Crippen molar-refractivity contribution >= 4 is 6.03 Å². The number of hydrogen-bond donors (Lipinski definition) is 2. The molecule has 6 nitrogen and oxygen atoms in total. The summed E-state index contributed by atoms with van der Waals surface area (Å²) in [5.41, 5.74) is 0.845. The number of carbonyl (C=O) groups is 1. The molecule has 1 saturated heterocycles. The molecule has 0 aliphatic carbocycles. The number of rotatable bonds is 7. The van der Waals surface area contributed by atoms with E-state index in [2.05, 4.69) is 24.5 Å². The molecule has 0 bridgehead atoms. The van der Waals surface area contributed by atoms with Gasteiger partial charge in [-0.2, -0.15) is 0 Å². The minimum absolute atomic E-state index is 0.143. The Hall–Kier alpha value is -1.95.